The van der Waals surface area contributed by atoms with E-state index in [0.29, 0.717) is 6.42 Å². The summed E-state index contributed by atoms with van der Waals surface area (Å²) in [6.45, 7) is 6.35. The number of aliphatic hydroxyl groups is 1. The number of hydrogen-bond donors (Lipinski definition) is 2. The molecule has 2 fully saturated rings. The van der Waals surface area contributed by atoms with Crippen LogP contribution in [-0.4, -0.2) is 22.3 Å². The summed E-state index contributed by atoms with van der Waals surface area (Å²) in [5.74, 6) is -0.735. The number of fused-ring (bicyclic) bond motifs is 2. The Hall–Kier alpha value is -0.570. The summed E-state index contributed by atoms with van der Waals surface area (Å²) < 4.78 is 0. The second-order valence-corrected chi connectivity index (χ2v) is 6.11. The second kappa shape index (κ2) is 2.76. The Morgan fingerprint density at radius 3 is 2.27 bits per heavy atom. The Balaban J connectivity index is 2.40. The molecule has 2 aliphatic carbocycles. The lowest BCUT2D eigenvalue weighted by molar-refractivity contribution is -0.141. The van der Waals surface area contributed by atoms with Crippen molar-refractivity contribution in [2.75, 3.05) is 0 Å². The van der Waals surface area contributed by atoms with E-state index in [9.17, 15) is 9.90 Å². The minimum atomic E-state index is -0.735. The average Bonchev–Trinajstić information content (AvgIpc) is 2.33. The fourth-order valence-corrected chi connectivity index (χ4v) is 3.94. The first kappa shape index (κ1) is 10.9. The van der Waals surface area contributed by atoms with Gasteiger partial charge in [0.15, 0.2) is 0 Å². The van der Waals surface area contributed by atoms with Gasteiger partial charge in [0.1, 0.15) is 0 Å². The summed E-state index contributed by atoms with van der Waals surface area (Å²) >= 11 is 0. The molecule has 0 spiro atoms. The first-order valence-electron chi connectivity index (χ1n) is 5.65. The summed E-state index contributed by atoms with van der Waals surface area (Å²) in [5.41, 5.74) is -0.354. The van der Waals surface area contributed by atoms with Crippen molar-refractivity contribution in [3.63, 3.8) is 0 Å². The van der Waals surface area contributed by atoms with Crippen LogP contribution < -0.4 is 0 Å². The maximum Gasteiger partial charge on any atom is 0.303 e. The van der Waals surface area contributed by atoms with E-state index in [0.717, 1.165) is 12.8 Å². The average molecular weight is 212 g/mol. The molecule has 86 valence electrons. The van der Waals surface area contributed by atoms with Gasteiger partial charge >= 0.3 is 5.97 Å². The quantitative estimate of drug-likeness (QED) is 0.736. The van der Waals surface area contributed by atoms with Crippen molar-refractivity contribution in [2.45, 2.75) is 52.6 Å². The van der Waals surface area contributed by atoms with Crippen LogP contribution in [-0.2, 0) is 4.79 Å². The van der Waals surface area contributed by atoms with Crippen LogP contribution in [0.2, 0.25) is 0 Å². The van der Waals surface area contributed by atoms with E-state index < -0.39 is 5.97 Å². The molecule has 3 atom stereocenters. The van der Waals surface area contributed by atoms with Gasteiger partial charge in [0.05, 0.1) is 12.5 Å². The number of hydrogen-bond acceptors (Lipinski definition) is 2. The van der Waals surface area contributed by atoms with Gasteiger partial charge in [0.25, 0.3) is 0 Å². The molecular weight excluding hydrogens is 192 g/mol. The Morgan fingerprint density at radius 2 is 1.93 bits per heavy atom. The SMILES string of the molecule is CC1(C)[C@@]2(CC(=O)O)CC[C@]1(C)[C@H](O)C2. The maximum absolute atomic E-state index is 11.0. The zero-order chi connectivity index (χ0) is 11.5. The van der Waals surface area contributed by atoms with Gasteiger partial charge in [0, 0.05) is 0 Å². The van der Waals surface area contributed by atoms with Gasteiger partial charge in [-0.25, -0.2) is 0 Å². The summed E-state index contributed by atoms with van der Waals surface area (Å²) in [6, 6.07) is 0. The molecule has 0 saturated heterocycles. The molecule has 0 aromatic rings. The Labute approximate surface area is 90.5 Å². The molecule has 0 aromatic carbocycles. The van der Waals surface area contributed by atoms with Gasteiger partial charge in [-0.1, -0.05) is 20.8 Å². The summed E-state index contributed by atoms with van der Waals surface area (Å²) in [6.07, 6.45) is 2.42. The standard InChI is InChI=1S/C12H20O3/c1-10(2)11(3)4-5-12(10,6-8(11)13)7-9(14)15/h8,13H,4-7H2,1-3H3,(H,14,15)/t8-,11-,12+/m1/s1. The van der Waals surface area contributed by atoms with Crippen LogP contribution in [0.5, 0.6) is 0 Å². The second-order valence-electron chi connectivity index (χ2n) is 6.11. The smallest absolute Gasteiger partial charge is 0.303 e. The van der Waals surface area contributed by atoms with Gasteiger partial charge in [-0.15, -0.1) is 0 Å². The monoisotopic (exact) mass is 212 g/mol. The van der Waals surface area contributed by atoms with Crippen LogP contribution >= 0.6 is 0 Å². The molecule has 0 unspecified atom stereocenters. The molecular formula is C12H20O3. The lowest BCUT2D eigenvalue weighted by atomic mass is 9.64. The van der Waals surface area contributed by atoms with Crippen LogP contribution in [0.1, 0.15) is 46.5 Å². The number of rotatable bonds is 2. The van der Waals surface area contributed by atoms with Gasteiger partial charge in [-0.3, -0.25) is 4.79 Å². The van der Waals surface area contributed by atoms with E-state index in [2.05, 4.69) is 20.8 Å². The summed E-state index contributed by atoms with van der Waals surface area (Å²) in [7, 11) is 0. The number of carbonyl (C=O) groups is 1. The molecule has 3 heteroatoms. The van der Waals surface area contributed by atoms with Crippen LogP contribution in [0.25, 0.3) is 0 Å². The van der Waals surface area contributed by atoms with E-state index in [1.54, 1.807) is 0 Å². The van der Waals surface area contributed by atoms with Gasteiger partial charge in [0.2, 0.25) is 0 Å². The summed E-state index contributed by atoms with van der Waals surface area (Å²) in [4.78, 5) is 11.0. The van der Waals surface area contributed by atoms with Gasteiger partial charge in [-0.05, 0) is 35.5 Å². The minimum absolute atomic E-state index is 0.0716. The van der Waals surface area contributed by atoms with Crippen LogP contribution in [0.15, 0.2) is 0 Å². The van der Waals surface area contributed by atoms with E-state index >= 15 is 0 Å². The van der Waals surface area contributed by atoms with E-state index in [-0.39, 0.29) is 28.8 Å². The first-order valence-corrected chi connectivity index (χ1v) is 5.65. The fraction of sp³-hybridized carbons (Fsp3) is 0.917. The third-order valence-electron chi connectivity index (χ3n) is 5.69. The van der Waals surface area contributed by atoms with E-state index in [1.165, 1.54) is 0 Å². The zero-order valence-corrected chi connectivity index (χ0v) is 9.71. The van der Waals surface area contributed by atoms with E-state index in [4.69, 9.17) is 5.11 Å². The molecule has 0 aromatic heterocycles. The molecule has 0 heterocycles. The van der Waals surface area contributed by atoms with Crippen LogP contribution in [0, 0.1) is 16.2 Å². The van der Waals surface area contributed by atoms with Crippen molar-refractivity contribution < 1.29 is 15.0 Å². The molecule has 0 radical (unpaired) electrons. The van der Waals surface area contributed by atoms with Crippen molar-refractivity contribution >= 4 is 5.97 Å². The highest BCUT2D eigenvalue weighted by molar-refractivity contribution is 5.68. The zero-order valence-electron chi connectivity index (χ0n) is 9.71. The largest absolute Gasteiger partial charge is 0.481 e. The van der Waals surface area contributed by atoms with E-state index in [1.807, 2.05) is 0 Å². The number of carboxylic acids is 1. The number of aliphatic carboxylic acids is 1. The molecule has 2 N–H and O–H groups in total. The van der Waals surface area contributed by atoms with Crippen LogP contribution in [0.3, 0.4) is 0 Å². The molecule has 3 nitrogen and oxygen atoms in total. The highest BCUT2D eigenvalue weighted by Gasteiger charge is 2.69. The molecule has 2 rings (SSSR count). The number of carboxylic acid groups (broad SMARTS) is 1. The highest BCUT2D eigenvalue weighted by atomic mass is 16.4. The van der Waals surface area contributed by atoms with Gasteiger partial charge in [-0.2, -0.15) is 0 Å². The third kappa shape index (κ3) is 1.07. The van der Waals surface area contributed by atoms with Crippen LogP contribution in [0.4, 0.5) is 0 Å². The predicted molar refractivity (Wildman–Crippen MR) is 56.4 cm³/mol. The molecule has 15 heavy (non-hydrogen) atoms. The lowest BCUT2D eigenvalue weighted by Gasteiger charge is -2.40. The molecule has 2 saturated carbocycles. The maximum atomic E-state index is 11.0. The topological polar surface area (TPSA) is 57.5 Å². The van der Waals surface area contributed by atoms with Crippen molar-refractivity contribution in [1.82, 2.24) is 0 Å². The lowest BCUT2D eigenvalue weighted by Crippen LogP contribution is -2.37. The third-order valence-corrected chi connectivity index (χ3v) is 5.69. The normalized spacial score (nSPS) is 47.1. The number of aliphatic hydroxyl groups excluding tert-OH is 1. The highest BCUT2D eigenvalue weighted by Crippen LogP contribution is 2.73. The van der Waals surface area contributed by atoms with Crippen molar-refractivity contribution in [3.05, 3.63) is 0 Å². The Bertz CT molecular complexity index is 310. The fourth-order valence-electron chi connectivity index (χ4n) is 3.94. The summed E-state index contributed by atoms with van der Waals surface area (Å²) in [5, 5.41) is 19.1. The molecule has 2 aliphatic rings. The Kier molecular flexibility index (Phi) is 2.01. The molecule has 2 bridgehead atoms. The predicted octanol–water partition coefficient (Wildman–Crippen LogP) is 2.04. The minimum Gasteiger partial charge on any atom is -0.481 e. The molecule has 0 amide bonds. The molecule has 0 aliphatic heterocycles. The van der Waals surface area contributed by atoms with Crippen molar-refractivity contribution in [3.8, 4) is 0 Å². The van der Waals surface area contributed by atoms with Gasteiger partial charge < -0.3 is 10.2 Å². The Morgan fingerprint density at radius 1 is 1.33 bits per heavy atom. The first-order chi connectivity index (χ1) is 6.75. The van der Waals surface area contributed by atoms with Crippen molar-refractivity contribution in [2.24, 2.45) is 16.2 Å². The van der Waals surface area contributed by atoms with Crippen molar-refractivity contribution in [1.29, 1.82) is 0 Å².